The molecule has 0 atom stereocenters. The van der Waals surface area contributed by atoms with E-state index < -0.39 is 11.9 Å². The average molecular weight is 294 g/mol. The Morgan fingerprint density at radius 3 is 2.00 bits per heavy atom. The predicted octanol–water partition coefficient (Wildman–Crippen LogP) is 2.69. The molecule has 0 spiro atoms. The molecule has 0 aliphatic carbocycles. The molecule has 0 amide bonds. The number of rotatable bonds is 3. The summed E-state index contributed by atoms with van der Waals surface area (Å²) >= 11 is 0. The van der Waals surface area contributed by atoms with Crippen LogP contribution in [-0.4, -0.2) is 32.1 Å². The SMILES string of the molecule is O=C(O)c1cccc(C(=O)O)c1-c1ccc2nccnc2c1. The third-order valence-electron chi connectivity index (χ3n) is 3.28. The molecule has 0 saturated heterocycles. The maximum absolute atomic E-state index is 11.4. The zero-order valence-corrected chi connectivity index (χ0v) is 11.2. The van der Waals surface area contributed by atoms with Gasteiger partial charge in [0.25, 0.3) is 0 Å². The highest BCUT2D eigenvalue weighted by Crippen LogP contribution is 2.30. The van der Waals surface area contributed by atoms with E-state index in [1.54, 1.807) is 24.4 Å². The summed E-state index contributed by atoms with van der Waals surface area (Å²) in [6.45, 7) is 0. The maximum Gasteiger partial charge on any atom is 0.336 e. The molecule has 6 nitrogen and oxygen atoms in total. The van der Waals surface area contributed by atoms with Gasteiger partial charge in [-0.2, -0.15) is 0 Å². The molecular formula is C16H10N2O4. The van der Waals surface area contributed by atoms with Crippen LogP contribution in [0.25, 0.3) is 22.2 Å². The predicted molar refractivity (Wildman–Crippen MR) is 78.9 cm³/mol. The molecule has 1 heterocycles. The first kappa shape index (κ1) is 13.7. The lowest BCUT2D eigenvalue weighted by Gasteiger charge is -2.10. The number of aromatic carboxylic acids is 2. The summed E-state index contributed by atoms with van der Waals surface area (Å²) in [4.78, 5) is 31.1. The molecular weight excluding hydrogens is 284 g/mol. The zero-order valence-electron chi connectivity index (χ0n) is 11.2. The molecule has 0 saturated carbocycles. The van der Waals surface area contributed by atoms with E-state index >= 15 is 0 Å². The number of nitrogens with zero attached hydrogens (tertiary/aromatic N) is 2. The van der Waals surface area contributed by atoms with Gasteiger partial charge in [-0.25, -0.2) is 9.59 Å². The van der Waals surface area contributed by atoms with Crippen LogP contribution in [0.1, 0.15) is 20.7 Å². The minimum absolute atomic E-state index is 0.0665. The third-order valence-corrected chi connectivity index (χ3v) is 3.28. The van der Waals surface area contributed by atoms with Crippen molar-refractivity contribution in [3.8, 4) is 11.1 Å². The van der Waals surface area contributed by atoms with Crippen molar-refractivity contribution in [3.05, 3.63) is 59.9 Å². The standard InChI is InChI=1S/C16H10N2O4/c19-15(20)10-2-1-3-11(16(21)22)14(10)9-4-5-12-13(8-9)18-7-6-17-12/h1-8H,(H,19,20)(H,21,22). The Hall–Kier alpha value is -3.28. The van der Waals surface area contributed by atoms with E-state index in [1.807, 2.05) is 0 Å². The fourth-order valence-electron chi connectivity index (χ4n) is 2.34. The summed E-state index contributed by atoms with van der Waals surface area (Å²) in [6, 6.07) is 9.14. The van der Waals surface area contributed by atoms with Crippen LogP contribution in [0.15, 0.2) is 48.8 Å². The summed E-state index contributed by atoms with van der Waals surface area (Å²) < 4.78 is 0. The van der Waals surface area contributed by atoms with Gasteiger partial charge in [0.2, 0.25) is 0 Å². The largest absolute Gasteiger partial charge is 0.478 e. The lowest BCUT2D eigenvalue weighted by atomic mass is 9.94. The molecule has 0 radical (unpaired) electrons. The molecule has 22 heavy (non-hydrogen) atoms. The first-order valence-corrected chi connectivity index (χ1v) is 6.38. The quantitative estimate of drug-likeness (QED) is 0.770. The van der Waals surface area contributed by atoms with Gasteiger partial charge in [-0.1, -0.05) is 12.1 Å². The average Bonchev–Trinajstić information content (AvgIpc) is 2.53. The highest BCUT2D eigenvalue weighted by Gasteiger charge is 2.19. The van der Waals surface area contributed by atoms with Crippen molar-refractivity contribution in [2.75, 3.05) is 0 Å². The first-order chi connectivity index (χ1) is 10.6. The molecule has 2 N–H and O–H groups in total. The van der Waals surface area contributed by atoms with Gasteiger partial charge in [0, 0.05) is 18.0 Å². The number of hydrogen-bond donors (Lipinski definition) is 2. The first-order valence-electron chi connectivity index (χ1n) is 6.38. The number of fused-ring (bicyclic) bond motifs is 1. The Morgan fingerprint density at radius 1 is 0.818 bits per heavy atom. The number of carbonyl (C=O) groups is 2. The van der Waals surface area contributed by atoms with Gasteiger partial charge in [0.05, 0.1) is 22.2 Å². The minimum Gasteiger partial charge on any atom is -0.478 e. The van der Waals surface area contributed by atoms with Crippen LogP contribution in [-0.2, 0) is 0 Å². The molecule has 1 aromatic heterocycles. The smallest absolute Gasteiger partial charge is 0.336 e. The van der Waals surface area contributed by atoms with E-state index in [1.165, 1.54) is 24.4 Å². The normalized spacial score (nSPS) is 10.5. The van der Waals surface area contributed by atoms with Gasteiger partial charge in [0.15, 0.2) is 0 Å². The second-order valence-electron chi connectivity index (χ2n) is 4.60. The van der Waals surface area contributed by atoms with Crippen molar-refractivity contribution in [2.45, 2.75) is 0 Å². The number of aromatic nitrogens is 2. The summed E-state index contributed by atoms with van der Waals surface area (Å²) in [5.41, 5.74) is 1.72. The topological polar surface area (TPSA) is 100 Å². The molecule has 0 unspecified atom stereocenters. The van der Waals surface area contributed by atoms with Crippen molar-refractivity contribution in [1.29, 1.82) is 0 Å². The molecule has 3 aromatic rings. The van der Waals surface area contributed by atoms with Crippen LogP contribution < -0.4 is 0 Å². The van der Waals surface area contributed by atoms with E-state index in [9.17, 15) is 19.8 Å². The van der Waals surface area contributed by atoms with Gasteiger partial charge in [-0.15, -0.1) is 0 Å². The fraction of sp³-hybridized carbons (Fsp3) is 0. The highest BCUT2D eigenvalue weighted by atomic mass is 16.4. The number of carboxylic acids is 2. The molecule has 0 bridgehead atoms. The van der Waals surface area contributed by atoms with Gasteiger partial charge >= 0.3 is 11.9 Å². The number of benzene rings is 2. The van der Waals surface area contributed by atoms with E-state index in [2.05, 4.69) is 9.97 Å². The van der Waals surface area contributed by atoms with Crippen molar-refractivity contribution >= 4 is 23.0 Å². The summed E-state index contributed by atoms with van der Waals surface area (Å²) in [5.74, 6) is -2.37. The number of hydrogen-bond acceptors (Lipinski definition) is 4. The maximum atomic E-state index is 11.4. The van der Waals surface area contributed by atoms with E-state index in [0.717, 1.165) is 0 Å². The van der Waals surface area contributed by atoms with E-state index in [0.29, 0.717) is 16.6 Å². The van der Waals surface area contributed by atoms with Crippen LogP contribution >= 0.6 is 0 Å². The lowest BCUT2D eigenvalue weighted by Crippen LogP contribution is -2.06. The van der Waals surface area contributed by atoms with Crippen LogP contribution in [0.4, 0.5) is 0 Å². The Morgan fingerprint density at radius 2 is 1.41 bits per heavy atom. The molecule has 0 aliphatic rings. The Balaban J connectivity index is 2.33. The molecule has 0 aliphatic heterocycles. The number of carboxylic acid groups (broad SMARTS) is 2. The van der Waals surface area contributed by atoms with Crippen LogP contribution in [0.2, 0.25) is 0 Å². The Bertz CT molecular complexity index is 873. The molecule has 6 heteroatoms. The fourth-order valence-corrected chi connectivity index (χ4v) is 2.34. The minimum atomic E-state index is -1.18. The molecule has 108 valence electrons. The van der Waals surface area contributed by atoms with Gasteiger partial charge in [-0.3, -0.25) is 9.97 Å². The van der Waals surface area contributed by atoms with Crippen LogP contribution in [0.5, 0.6) is 0 Å². The summed E-state index contributed by atoms with van der Waals surface area (Å²) in [5, 5.41) is 18.7. The van der Waals surface area contributed by atoms with Crippen molar-refractivity contribution in [1.82, 2.24) is 9.97 Å². The second kappa shape index (κ2) is 5.25. The zero-order chi connectivity index (χ0) is 15.7. The van der Waals surface area contributed by atoms with Crippen LogP contribution in [0.3, 0.4) is 0 Å². The molecule has 0 fully saturated rings. The van der Waals surface area contributed by atoms with Gasteiger partial charge < -0.3 is 10.2 Å². The van der Waals surface area contributed by atoms with Crippen molar-refractivity contribution in [2.24, 2.45) is 0 Å². The van der Waals surface area contributed by atoms with Crippen molar-refractivity contribution < 1.29 is 19.8 Å². The third kappa shape index (κ3) is 2.26. The van der Waals surface area contributed by atoms with Gasteiger partial charge in [-0.05, 0) is 29.8 Å². The van der Waals surface area contributed by atoms with Crippen molar-refractivity contribution in [3.63, 3.8) is 0 Å². The molecule has 3 rings (SSSR count). The summed E-state index contributed by atoms with van der Waals surface area (Å²) in [7, 11) is 0. The monoisotopic (exact) mass is 294 g/mol. The van der Waals surface area contributed by atoms with E-state index in [-0.39, 0.29) is 16.7 Å². The highest BCUT2D eigenvalue weighted by molar-refractivity contribution is 6.05. The van der Waals surface area contributed by atoms with Crippen LogP contribution in [0, 0.1) is 0 Å². The molecule has 2 aromatic carbocycles. The van der Waals surface area contributed by atoms with E-state index in [4.69, 9.17) is 0 Å². The second-order valence-corrected chi connectivity index (χ2v) is 4.60. The Kier molecular flexibility index (Phi) is 3.27. The lowest BCUT2D eigenvalue weighted by molar-refractivity contribution is 0.0696. The summed E-state index contributed by atoms with van der Waals surface area (Å²) in [6.07, 6.45) is 3.07. The Labute approximate surface area is 124 Å². The van der Waals surface area contributed by atoms with Gasteiger partial charge in [0.1, 0.15) is 0 Å².